The van der Waals surface area contributed by atoms with Gasteiger partial charge in [-0.3, -0.25) is 4.79 Å². The lowest BCUT2D eigenvalue weighted by atomic mass is 10.2. The number of hydrogen-bond acceptors (Lipinski definition) is 4. The maximum Gasteiger partial charge on any atom is 0.255 e. The fourth-order valence-corrected chi connectivity index (χ4v) is 4.05. The summed E-state index contributed by atoms with van der Waals surface area (Å²) in [6, 6.07) is 22.3. The van der Waals surface area contributed by atoms with E-state index in [1.54, 1.807) is 24.3 Å². The first-order valence-corrected chi connectivity index (χ1v) is 11.0. The SMILES string of the molecule is CCOc1ccc(NC(=O)c2ccc(S(=O)(=O)N(C)Cc3ccccc3)cc2)cc1. The summed E-state index contributed by atoms with van der Waals surface area (Å²) in [6.45, 7) is 2.74. The van der Waals surface area contributed by atoms with Crippen molar-refractivity contribution in [2.45, 2.75) is 18.4 Å². The second-order valence-electron chi connectivity index (χ2n) is 6.68. The molecule has 30 heavy (non-hydrogen) atoms. The van der Waals surface area contributed by atoms with E-state index in [1.807, 2.05) is 37.3 Å². The van der Waals surface area contributed by atoms with Crippen LogP contribution in [0.25, 0.3) is 0 Å². The molecule has 6 nitrogen and oxygen atoms in total. The van der Waals surface area contributed by atoms with Crippen LogP contribution in [0.4, 0.5) is 5.69 Å². The zero-order valence-electron chi connectivity index (χ0n) is 16.9. The molecule has 1 N–H and O–H groups in total. The quantitative estimate of drug-likeness (QED) is 0.589. The van der Waals surface area contributed by atoms with E-state index in [-0.39, 0.29) is 17.3 Å². The van der Waals surface area contributed by atoms with Gasteiger partial charge < -0.3 is 10.1 Å². The maximum atomic E-state index is 12.8. The molecule has 0 aliphatic heterocycles. The Bertz CT molecular complexity index is 1080. The molecule has 3 aromatic rings. The van der Waals surface area contributed by atoms with E-state index in [1.165, 1.54) is 35.6 Å². The summed E-state index contributed by atoms with van der Waals surface area (Å²) in [5.41, 5.74) is 1.89. The van der Waals surface area contributed by atoms with Crippen LogP contribution in [-0.2, 0) is 16.6 Å². The van der Waals surface area contributed by atoms with E-state index in [4.69, 9.17) is 4.74 Å². The van der Waals surface area contributed by atoms with Crippen LogP contribution in [0.1, 0.15) is 22.8 Å². The molecule has 1 amide bonds. The van der Waals surface area contributed by atoms with Crippen molar-refractivity contribution in [3.05, 3.63) is 90.0 Å². The summed E-state index contributed by atoms with van der Waals surface area (Å²) in [4.78, 5) is 12.6. The predicted octanol–water partition coefficient (Wildman–Crippen LogP) is 4.16. The molecule has 0 atom stereocenters. The largest absolute Gasteiger partial charge is 0.494 e. The Labute approximate surface area is 177 Å². The van der Waals surface area contributed by atoms with Crippen LogP contribution in [0.2, 0.25) is 0 Å². The number of carbonyl (C=O) groups excluding carboxylic acids is 1. The Morgan fingerprint density at radius 1 is 0.933 bits per heavy atom. The van der Waals surface area contributed by atoms with Gasteiger partial charge in [0.1, 0.15) is 5.75 Å². The molecular weight excluding hydrogens is 400 g/mol. The van der Waals surface area contributed by atoms with Gasteiger partial charge in [-0.05, 0) is 61.0 Å². The molecule has 0 aliphatic rings. The Morgan fingerprint density at radius 3 is 2.17 bits per heavy atom. The summed E-state index contributed by atoms with van der Waals surface area (Å²) >= 11 is 0. The van der Waals surface area contributed by atoms with Gasteiger partial charge in [0.05, 0.1) is 11.5 Å². The molecule has 0 saturated carbocycles. The number of nitrogens with zero attached hydrogens (tertiary/aromatic N) is 1. The molecule has 3 aromatic carbocycles. The molecule has 7 heteroatoms. The molecule has 0 aliphatic carbocycles. The van der Waals surface area contributed by atoms with Gasteiger partial charge in [0.15, 0.2) is 0 Å². The number of hydrogen-bond donors (Lipinski definition) is 1. The highest BCUT2D eigenvalue weighted by atomic mass is 32.2. The fraction of sp³-hybridized carbons (Fsp3) is 0.174. The number of ether oxygens (including phenoxy) is 1. The molecule has 156 valence electrons. The maximum absolute atomic E-state index is 12.8. The highest BCUT2D eigenvalue weighted by Crippen LogP contribution is 2.19. The normalized spacial score (nSPS) is 11.3. The molecular formula is C23H24N2O4S. The lowest BCUT2D eigenvalue weighted by molar-refractivity contribution is 0.102. The van der Waals surface area contributed by atoms with Crippen LogP contribution >= 0.6 is 0 Å². The second-order valence-corrected chi connectivity index (χ2v) is 8.73. The number of sulfonamides is 1. The van der Waals surface area contributed by atoms with Crippen LogP contribution in [0.3, 0.4) is 0 Å². The van der Waals surface area contributed by atoms with Gasteiger partial charge >= 0.3 is 0 Å². The van der Waals surface area contributed by atoms with Crippen molar-refractivity contribution in [2.24, 2.45) is 0 Å². The van der Waals surface area contributed by atoms with Crippen LogP contribution in [-0.4, -0.2) is 32.3 Å². The van der Waals surface area contributed by atoms with Crippen molar-refractivity contribution < 1.29 is 17.9 Å². The highest BCUT2D eigenvalue weighted by Gasteiger charge is 2.21. The standard InChI is InChI=1S/C23H24N2O4S/c1-3-29-21-13-11-20(12-14-21)24-23(26)19-9-15-22(16-10-19)30(27,28)25(2)17-18-7-5-4-6-8-18/h4-16H,3,17H2,1-2H3,(H,24,26). The van der Waals surface area contributed by atoms with Crippen molar-refractivity contribution in [1.29, 1.82) is 0 Å². The van der Waals surface area contributed by atoms with Gasteiger partial charge in [0.2, 0.25) is 10.0 Å². The van der Waals surface area contributed by atoms with Crippen molar-refractivity contribution in [2.75, 3.05) is 19.0 Å². The monoisotopic (exact) mass is 424 g/mol. The summed E-state index contributed by atoms with van der Waals surface area (Å²) < 4.78 is 32.3. The van der Waals surface area contributed by atoms with Gasteiger partial charge in [-0.2, -0.15) is 4.31 Å². The molecule has 3 rings (SSSR count). The lowest BCUT2D eigenvalue weighted by Gasteiger charge is -2.17. The molecule has 0 bridgehead atoms. The van der Waals surface area contributed by atoms with Gasteiger partial charge in [0, 0.05) is 24.8 Å². The zero-order valence-corrected chi connectivity index (χ0v) is 17.7. The Balaban J connectivity index is 1.67. The third-order valence-corrected chi connectivity index (χ3v) is 6.31. The van der Waals surface area contributed by atoms with Gasteiger partial charge in [-0.1, -0.05) is 30.3 Å². The van der Waals surface area contributed by atoms with E-state index in [9.17, 15) is 13.2 Å². The third-order valence-electron chi connectivity index (χ3n) is 4.50. The van der Waals surface area contributed by atoms with Crippen LogP contribution in [0.5, 0.6) is 5.75 Å². The van der Waals surface area contributed by atoms with Gasteiger partial charge in [0.25, 0.3) is 5.91 Å². The number of benzene rings is 3. The average Bonchev–Trinajstić information content (AvgIpc) is 2.76. The minimum atomic E-state index is -3.66. The second kappa shape index (κ2) is 9.56. The smallest absolute Gasteiger partial charge is 0.255 e. The van der Waals surface area contributed by atoms with E-state index in [2.05, 4.69) is 5.32 Å². The first kappa shape index (κ1) is 21.5. The fourth-order valence-electron chi connectivity index (χ4n) is 2.89. The average molecular weight is 425 g/mol. The van der Waals surface area contributed by atoms with Crippen molar-refractivity contribution in [1.82, 2.24) is 4.31 Å². The van der Waals surface area contributed by atoms with Crippen LogP contribution < -0.4 is 10.1 Å². The van der Waals surface area contributed by atoms with Crippen molar-refractivity contribution in [3.63, 3.8) is 0 Å². The zero-order chi connectivity index (χ0) is 21.6. The molecule has 0 saturated heterocycles. The van der Waals surface area contributed by atoms with Gasteiger partial charge in [-0.15, -0.1) is 0 Å². The molecule has 0 spiro atoms. The molecule has 0 radical (unpaired) electrons. The first-order chi connectivity index (χ1) is 14.4. The number of amides is 1. The lowest BCUT2D eigenvalue weighted by Crippen LogP contribution is -2.26. The molecule has 0 aromatic heterocycles. The summed E-state index contributed by atoms with van der Waals surface area (Å²) in [5, 5.41) is 2.79. The first-order valence-electron chi connectivity index (χ1n) is 9.54. The van der Waals surface area contributed by atoms with Crippen molar-refractivity contribution >= 4 is 21.6 Å². The number of rotatable bonds is 8. The van der Waals surface area contributed by atoms with Crippen LogP contribution in [0, 0.1) is 0 Å². The number of anilines is 1. The predicted molar refractivity (Wildman–Crippen MR) is 117 cm³/mol. The topological polar surface area (TPSA) is 75.7 Å². The van der Waals surface area contributed by atoms with Gasteiger partial charge in [-0.25, -0.2) is 8.42 Å². The summed E-state index contributed by atoms with van der Waals surface area (Å²) in [5.74, 6) is 0.408. The molecule has 0 unspecified atom stereocenters. The van der Waals surface area contributed by atoms with E-state index < -0.39 is 10.0 Å². The molecule has 0 fully saturated rings. The number of nitrogens with one attached hydrogen (secondary N) is 1. The Hall–Kier alpha value is -3.16. The Morgan fingerprint density at radius 2 is 1.57 bits per heavy atom. The van der Waals surface area contributed by atoms with E-state index in [0.717, 1.165) is 11.3 Å². The minimum Gasteiger partial charge on any atom is -0.494 e. The summed E-state index contributed by atoms with van der Waals surface area (Å²) in [6.07, 6.45) is 0. The van der Waals surface area contributed by atoms with Crippen LogP contribution in [0.15, 0.2) is 83.8 Å². The van der Waals surface area contributed by atoms with E-state index >= 15 is 0 Å². The molecule has 0 heterocycles. The third kappa shape index (κ3) is 5.25. The highest BCUT2D eigenvalue weighted by molar-refractivity contribution is 7.89. The van der Waals surface area contributed by atoms with E-state index in [0.29, 0.717) is 17.9 Å². The number of carbonyl (C=O) groups is 1. The Kier molecular flexibility index (Phi) is 6.87. The summed E-state index contributed by atoms with van der Waals surface area (Å²) in [7, 11) is -2.12. The van der Waals surface area contributed by atoms with Crippen molar-refractivity contribution in [3.8, 4) is 5.75 Å². The minimum absolute atomic E-state index is 0.138.